The van der Waals surface area contributed by atoms with E-state index in [1.165, 1.54) is 7.11 Å². The van der Waals surface area contributed by atoms with Crippen molar-refractivity contribution in [1.29, 1.82) is 0 Å². The fourth-order valence-corrected chi connectivity index (χ4v) is 2.41. The lowest BCUT2D eigenvalue weighted by molar-refractivity contribution is -0.144. The van der Waals surface area contributed by atoms with Crippen LogP contribution in [-0.4, -0.2) is 60.2 Å². The number of hydrogen-bond acceptors (Lipinski definition) is 6. The molecule has 23 heavy (non-hydrogen) atoms. The predicted molar refractivity (Wildman–Crippen MR) is 80.8 cm³/mol. The summed E-state index contributed by atoms with van der Waals surface area (Å²) in [4.78, 5) is 23.3. The smallest absolute Gasteiger partial charge is 0.308 e. The third-order valence-corrected chi connectivity index (χ3v) is 3.83. The fourth-order valence-electron chi connectivity index (χ4n) is 2.41. The zero-order chi connectivity index (χ0) is 17.0. The SMILES string of the molecule is COC(=O)CC1OC(CNC(=O)c2ccc(C)cc2)C(O)C1O. The van der Waals surface area contributed by atoms with Crippen LogP contribution in [0.1, 0.15) is 22.3 Å². The molecule has 7 nitrogen and oxygen atoms in total. The highest BCUT2D eigenvalue weighted by atomic mass is 16.6. The summed E-state index contributed by atoms with van der Waals surface area (Å²) in [6.45, 7) is 1.95. The topological polar surface area (TPSA) is 105 Å². The van der Waals surface area contributed by atoms with Gasteiger partial charge in [-0.25, -0.2) is 0 Å². The molecular weight excluding hydrogens is 302 g/mol. The molecule has 4 atom stereocenters. The van der Waals surface area contributed by atoms with Crippen LogP contribution in [0.3, 0.4) is 0 Å². The van der Waals surface area contributed by atoms with Crippen molar-refractivity contribution in [2.75, 3.05) is 13.7 Å². The number of hydrogen-bond donors (Lipinski definition) is 3. The van der Waals surface area contributed by atoms with Crippen LogP contribution in [0.15, 0.2) is 24.3 Å². The highest BCUT2D eigenvalue weighted by Crippen LogP contribution is 2.23. The van der Waals surface area contributed by atoms with Gasteiger partial charge in [-0.3, -0.25) is 9.59 Å². The monoisotopic (exact) mass is 323 g/mol. The van der Waals surface area contributed by atoms with Crippen molar-refractivity contribution in [2.24, 2.45) is 0 Å². The largest absolute Gasteiger partial charge is 0.469 e. The molecule has 0 aliphatic carbocycles. The lowest BCUT2D eigenvalue weighted by Crippen LogP contribution is -2.40. The van der Waals surface area contributed by atoms with Crippen LogP contribution in [0.5, 0.6) is 0 Å². The maximum atomic E-state index is 12.0. The summed E-state index contributed by atoms with van der Waals surface area (Å²) in [5, 5.41) is 22.5. The number of esters is 1. The first-order valence-electron chi connectivity index (χ1n) is 7.35. The van der Waals surface area contributed by atoms with Gasteiger partial charge in [-0.05, 0) is 19.1 Å². The average Bonchev–Trinajstić information content (AvgIpc) is 2.81. The Morgan fingerprint density at radius 3 is 2.39 bits per heavy atom. The molecular formula is C16H21NO6. The Bertz CT molecular complexity index is 558. The molecule has 0 aromatic heterocycles. The second kappa shape index (κ2) is 7.54. The average molecular weight is 323 g/mol. The zero-order valence-electron chi connectivity index (χ0n) is 13.1. The Kier molecular flexibility index (Phi) is 5.70. The third kappa shape index (κ3) is 4.28. The van der Waals surface area contributed by atoms with Crippen molar-refractivity contribution in [1.82, 2.24) is 5.32 Å². The van der Waals surface area contributed by atoms with Gasteiger partial charge in [-0.1, -0.05) is 17.7 Å². The lowest BCUT2D eigenvalue weighted by atomic mass is 10.1. The Balaban J connectivity index is 1.89. The normalized spacial score (nSPS) is 26.8. The van der Waals surface area contributed by atoms with Gasteiger partial charge in [0, 0.05) is 12.1 Å². The summed E-state index contributed by atoms with van der Waals surface area (Å²) in [6, 6.07) is 7.05. The third-order valence-electron chi connectivity index (χ3n) is 3.83. The maximum Gasteiger partial charge on any atom is 0.308 e. The molecule has 0 radical (unpaired) electrons. The number of carbonyl (C=O) groups excluding carboxylic acids is 2. The molecule has 4 unspecified atom stereocenters. The van der Waals surface area contributed by atoms with E-state index >= 15 is 0 Å². The maximum absolute atomic E-state index is 12.0. The van der Waals surface area contributed by atoms with Gasteiger partial charge in [0.2, 0.25) is 0 Å². The lowest BCUT2D eigenvalue weighted by Gasteiger charge is -2.15. The molecule has 1 fully saturated rings. The molecule has 1 aromatic carbocycles. The molecule has 0 bridgehead atoms. The van der Waals surface area contributed by atoms with E-state index in [0.29, 0.717) is 5.56 Å². The molecule has 1 saturated heterocycles. The molecule has 1 heterocycles. The number of aryl methyl sites for hydroxylation is 1. The van der Waals surface area contributed by atoms with Crippen LogP contribution in [0.4, 0.5) is 0 Å². The van der Waals surface area contributed by atoms with Gasteiger partial charge in [0.05, 0.1) is 19.6 Å². The molecule has 1 aliphatic rings. The summed E-state index contributed by atoms with van der Waals surface area (Å²) in [5.74, 6) is -0.836. The molecule has 1 aromatic rings. The Labute approximate surface area is 134 Å². The van der Waals surface area contributed by atoms with E-state index in [4.69, 9.17) is 4.74 Å². The van der Waals surface area contributed by atoms with Crippen molar-refractivity contribution >= 4 is 11.9 Å². The van der Waals surface area contributed by atoms with Crippen LogP contribution in [0.25, 0.3) is 0 Å². The molecule has 126 valence electrons. The summed E-state index contributed by atoms with van der Waals surface area (Å²) < 4.78 is 9.96. The minimum absolute atomic E-state index is 0.0304. The summed E-state index contributed by atoms with van der Waals surface area (Å²) >= 11 is 0. The molecule has 3 N–H and O–H groups in total. The van der Waals surface area contributed by atoms with E-state index in [9.17, 15) is 19.8 Å². The Morgan fingerprint density at radius 2 is 1.78 bits per heavy atom. The second-order valence-electron chi connectivity index (χ2n) is 5.55. The molecule has 1 aliphatic heterocycles. The van der Waals surface area contributed by atoms with Crippen LogP contribution in [0, 0.1) is 6.92 Å². The fraction of sp³-hybridized carbons (Fsp3) is 0.500. The van der Waals surface area contributed by atoms with Gasteiger partial charge in [0.25, 0.3) is 5.91 Å². The van der Waals surface area contributed by atoms with E-state index in [1.54, 1.807) is 12.1 Å². The minimum atomic E-state index is -1.20. The van der Waals surface area contributed by atoms with Crippen molar-refractivity contribution in [3.63, 3.8) is 0 Å². The van der Waals surface area contributed by atoms with E-state index in [0.717, 1.165) is 5.56 Å². The molecule has 1 amide bonds. The highest BCUT2D eigenvalue weighted by Gasteiger charge is 2.43. The number of nitrogens with one attached hydrogen (secondary N) is 1. The van der Waals surface area contributed by atoms with Gasteiger partial charge in [-0.2, -0.15) is 0 Å². The van der Waals surface area contributed by atoms with Gasteiger partial charge < -0.3 is 25.0 Å². The van der Waals surface area contributed by atoms with Crippen molar-refractivity contribution in [3.05, 3.63) is 35.4 Å². The minimum Gasteiger partial charge on any atom is -0.469 e. The Hall–Kier alpha value is -1.96. The molecule has 7 heteroatoms. The first-order chi connectivity index (χ1) is 10.9. The molecule has 0 saturated carbocycles. The van der Waals surface area contributed by atoms with Crippen LogP contribution in [0.2, 0.25) is 0 Å². The number of aliphatic hydroxyl groups excluding tert-OH is 2. The standard InChI is InChI=1S/C16H21NO6/c1-9-3-5-10(6-4-9)16(21)17-8-12-15(20)14(19)11(23-12)7-13(18)22-2/h3-6,11-12,14-15,19-20H,7-8H2,1-2H3,(H,17,21). The van der Waals surface area contributed by atoms with E-state index in [-0.39, 0.29) is 18.9 Å². The van der Waals surface area contributed by atoms with E-state index < -0.39 is 30.4 Å². The summed E-state index contributed by atoms with van der Waals surface area (Å²) in [7, 11) is 1.24. The quantitative estimate of drug-likeness (QED) is 0.647. The van der Waals surface area contributed by atoms with Gasteiger partial charge in [-0.15, -0.1) is 0 Å². The van der Waals surface area contributed by atoms with E-state index in [2.05, 4.69) is 10.1 Å². The molecule has 2 rings (SSSR count). The number of rotatable bonds is 5. The number of amides is 1. The summed E-state index contributed by atoms with van der Waals surface area (Å²) in [5.41, 5.74) is 1.54. The highest BCUT2D eigenvalue weighted by molar-refractivity contribution is 5.94. The number of carbonyl (C=O) groups is 2. The van der Waals surface area contributed by atoms with Crippen LogP contribution in [-0.2, 0) is 14.3 Å². The zero-order valence-corrected chi connectivity index (χ0v) is 13.1. The van der Waals surface area contributed by atoms with E-state index in [1.807, 2.05) is 19.1 Å². The number of benzene rings is 1. The van der Waals surface area contributed by atoms with Crippen molar-refractivity contribution in [2.45, 2.75) is 37.8 Å². The van der Waals surface area contributed by atoms with Crippen LogP contribution < -0.4 is 5.32 Å². The number of aliphatic hydroxyl groups is 2. The molecule has 0 spiro atoms. The first-order valence-corrected chi connectivity index (χ1v) is 7.35. The van der Waals surface area contributed by atoms with Crippen LogP contribution >= 0.6 is 0 Å². The summed E-state index contributed by atoms with van der Waals surface area (Å²) in [6.07, 6.45) is -4.16. The Morgan fingerprint density at radius 1 is 1.17 bits per heavy atom. The first kappa shape index (κ1) is 17.4. The van der Waals surface area contributed by atoms with Gasteiger partial charge >= 0.3 is 5.97 Å². The number of ether oxygens (including phenoxy) is 2. The van der Waals surface area contributed by atoms with Crippen molar-refractivity contribution < 1.29 is 29.3 Å². The number of methoxy groups -OCH3 is 1. The van der Waals surface area contributed by atoms with Crippen molar-refractivity contribution in [3.8, 4) is 0 Å². The van der Waals surface area contributed by atoms with Gasteiger partial charge in [0.1, 0.15) is 18.3 Å². The van der Waals surface area contributed by atoms with Gasteiger partial charge in [0.15, 0.2) is 0 Å². The predicted octanol–water partition coefficient (Wildman–Crippen LogP) is -0.223. The second-order valence-corrected chi connectivity index (χ2v) is 5.55.